The second kappa shape index (κ2) is 10.6. The first kappa shape index (κ1) is 24.9. The first-order valence-corrected chi connectivity index (χ1v) is 13.6. The normalized spacial score (nSPS) is 38.6. The van der Waals surface area contributed by atoms with Gasteiger partial charge in [-0.15, -0.1) is 0 Å². The molecular weight excluding hydrogens is 402 g/mol. The fraction of sp³-hybridized carbons (Fsp3) is 1.00. The minimum absolute atomic E-state index is 0.0426. The molecule has 6 atom stereocenters. The summed E-state index contributed by atoms with van der Waals surface area (Å²) in [5.74, 6) is 3.54. The van der Waals surface area contributed by atoms with E-state index in [0.29, 0.717) is 29.6 Å². The summed E-state index contributed by atoms with van der Waals surface area (Å²) in [4.78, 5) is 0. The van der Waals surface area contributed by atoms with Gasteiger partial charge in [-0.05, 0) is 67.6 Å². The fourth-order valence-corrected chi connectivity index (χ4v) is 7.80. The summed E-state index contributed by atoms with van der Waals surface area (Å²) >= 11 is 0. The van der Waals surface area contributed by atoms with Crippen LogP contribution in [0.1, 0.15) is 79.1 Å². The molecule has 0 aromatic carbocycles. The van der Waals surface area contributed by atoms with Crippen LogP contribution in [0.2, 0.25) is 0 Å². The zero-order valence-electron chi connectivity index (χ0n) is 21.0. The van der Waals surface area contributed by atoms with Crippen molar-refractivity contribution in [1.82, 2.24) is 5.32 Å². The van der Waals surface area contributed by atoms with E-state index < -0.39 is 6.23 Å². The van der Waals surface area contributed by atoms with Crippen molar-refractivity contribution in [2.24, 2.45) is 52.8 Å². The summed E-state index contributed by atoms with van der Waals surface area (Å²) in [6, 6.07) is 0. The van der Waals surface area contributed by atoms with Gasteiger partial charge < -0.3 is 19.7 Å². The predicted octanol–water partition coefficient (Wildman–Crippen LogP) is 4.42. The van der Waals surface area contributed by atoms with Gasteiger partial charge in [0.15, 0.2) is 6.29 Å². The molecule has 6 unspecified atom stereocenters. The van der Waals surface area contributed by atoms with Gasteiger partial charge in [0.1, 0.15) is 6.23 Å². The van der Waals surface area contributed by atoms with E-state index in [9.17, 15) is 10.2 Å². The van der Waals surface area contributed by atoms with Gasteiger partial charge >= 0.3 is 0 Å². The molecule has 1 saturated heterocycles. The Kier molecular flexibility index (Phi) is 8.25. The Bertz CT molecular complexity index is 582. The molecule has 5 heteroatoms. The SMILES string of the molecule is CC(C)C(CO)C(C(C)C)C(O)NCC1CC2CC1CC21COC(C2CCCCC2)OC1. The van der Waals surface area contributed by atoms with Gasteiger partial charge in [-0.1, -0.05) is 47.0 Å². The molecule has 4 aliphatic rings. The summed E-state index contributed by atoms with van der Waals surface area (Å²) in [6.07, 6.45) is 9.80. The standard InChI is InChI=1S/C27H49NO4/c1-17(2)23(14-29)24(18(3)4)25(30)28-13-21-11-22-10-20(21)12-27(22)15-31-26(32-16-27)19-8-6-5-7-9-19/h17-26,28-30H,5-16H2,1-4H3. The molecule has 1 aliphatic heterocycles. The quantitative estimate of drug-likeness (QED) is 0.453. The lowest BCUT2D eigenvalue weighted by molar-refractivity contribution is -0.263. The van der Waals surface area contributed by atoms with E-state index in [0.717, 1.165) is 25.7 Å². The molecular formula is C27H49NO4. The smallest absolute Gasteiger partial charge is 0.160 e. The maximum atomic E-state index is 11.0. The maximum Gasteiger partial charge on any atom is 0.160 e. The van der Waals surface area contributed by atoms with E-state index in [-0.39, 0.29) is 30.1 Å². The van der Waals surface area contributed by atoms with E-state index >= 15 is 0 Å². The zero-order valence-corrected chi connectivity index (χ0v) is 21.0. The van der Waals surface area contributed by atoms with Crippen LogP contribution in [0.5, 0.6) is 0 Å². The summed E-state index contributed by atoms with van der Waals surface area (Å²) in [7, 11) is 0. The van der Waals surface area contributed by atoms with Crippen LogP contribution in [0.4, 0.5) is 0 Å². The van der Waals surface area contributed by atoms with Crippen LogP contribution in [-0.2, 0) is 9.47 Å². The van der Waals surface area contributed by atoms with Gasteiger partial charge in [0.2, 0.25) is 0 Å². The van der Waals surface area contributed by atoms with Crippen molar-refractivity contribution in [3.05, 3.63) is 0 Å². The summed E-state index contributed by atoms with van der Waals surface area (Å²) in [6.45, 7) is 11.4. The fourth-order valence-electron chi connectivity index (χ4n) is 7.80. The molecule has 4 fully saturated rings. The van der Waals surface area contributed by atoms with Crippen molar-refractivity contribution in [3.63, 3.8) is 0 Å². The first-order chi connectivity index (χ1) is 15.3. The molecule has 186 valence electrons. The van der Waals surface area contributed by atoms with E-state index in [1.807, 2.05) is 0 Å². The van der Waals surface area contributed by atoms with Crippen molar-refractivity contribution in [2.45, 2.75) is 91.6 Å². The highest BCUT2D eigenvalue weighted by Gasteiger charge is 2.57. The Morgan fingerprint density at radius 3 is 2.16 bits per heavy atom. The van der Waals surface area contributed by atoms with Crippen molar-refractivity contribution in [1.29, 1.82) is 0 Å². The van der Waals surface area contributed by atoms with Crippen LogP contribution < -0.4 is 5.32 Å². The first-order valence-electron chi connectivity index (χ1n) is 13.6. The van der Waals surface area contributed by atoms with E-state index in [2.05, 4.69) is 33.0 Å². The number of rotatable bonds is 9. The molecule has 0 amide bonds. The lowest BCUT2D eigenvalue weighted by atomic mass is 9.70. The van der Waals surface area contributed by atoms with Crippen molar-refractivity contribution < 1.29 is 19.7 Å². The molecule has 0 radical (unpaired) electrons. The third-order valence-corrected chi connectivity index (χ3v) is 9.77. The zero-order chi connectivity index (χ0) is 22.9. The number of nitrogens with one attached hydrogen (secondary N) is 1. The van der Waals surface area contributed by atoms with Crippen LogP contribution >= 0.6 is 0 Å². The third-order valence-electron chi connectivity index (χ3n) is 9.77. The summed E-state index contributed by atoms with van der Waals surface area (Å²) < 4.78 is 12.7. The average Bonchev–Trinajstić information content (AvgIpc) is 3.34. The minimum atomic E-state index is -0.555. The molecule has 2 bridgehead atoms. The largest absolute Gasteiger partial charge is 0.396 e. The van der Waals surface area contributed by atoms with Gasteiger partial charge in [0.05, 0.1) is 13.2 Å². The Morgan fingerprint density at radius 1 is 0.938 bits per heavy atom. The summed E-state index contributed by atoms with van der Waals surface area (Å²) in [5, 5.41) is 24.4. The van der Waals surface area contributed by atoms with Gasteiger partial charge in [-0.25, -0.2) is 0 Å². The minimum Gasteiger partial charge on any atom is -0.396 e. The number of aliphatic hydroxyl groups excluding tert-OH is 2. The highest BCUT2D eigenvalue weighted by molar-refractivity contribution is 5.05. The van der Waals surface area contributed by atoms with Crippen LogP contribution in [0.3, 0.4) is 0 Å². The monoisotopic (exact) mass is 451 g/mol. The lowest BCUT2D eigenvalue weighted by Crippen LogP contribution is -2.50. The van der Waals surface area contributed by atoms with E-state index in [1.54, 1.807) is 0 Å². The number of hydrogen-bond acceptors (Lipinski definition) is 5. The van der Waals surface area contributed by atoms with Crippen LogP contribution in [0.15, 0.2) is 0 Å². The molecule has 0 aromatic heterocycles. The average molecular weight is 452 g/mol. The number of fused-ring (bicyclic) bond motifs is 3. The molecule has 1 heterocycles. The van der Waals surface area contributed by atoms with Gasteiger partial charge in [0.25, 0.3) is 0 Å². The van der Waals surface area contributed by atoms with Gasteiger partial charge in [-0.3, -0.25) is 5.32 Å². The Morgan fingerprint density at radius 2 is 1.62 bits per heavy atom. The lowest BCUT2D eigenvalue weighted by Gasteiger charge is -2.46. The van der Waals surface area contributed by atoms with Crippen LogP contribution in [0.25, 0.3) is 0 Å². The number of ether oxygens (including phenoxy) is 2. The molecule has 3 N–H and O–H groups in total. The Labute approximate surface area is 196 Å². The van der Waals surface area contributed by atoms with Crippen molar-refractivity contribution in [3.8, 4) is 0 Å². The van der Waals surface area contributed by atoms with Crippen molar-refractivity contribution >= 4 is 0 Å². The second-order valence-electron chi connectivity index (χ2n) is 12.4. The molecule has 1 spiro atoms. The molecule has 3 saturated carbocycles. The molecule has 5 nitrogen and oxygen atoms in total. The molecule has 3 aliphatic carbocycles. The Hall–Kier alpha value is -0.200. The Balaban J connectivity index is 1.26. The van der Waals surface area contributed by atoms with Gasteiger partial charge in [0, 0.05) is 30.4 Å². The number of hydrogen-bond donors (Lipinski definition) is 3. The molecule has 4 rings (SSSR count). The van der Waals surface area contributed by atoms with Crippen LogP contribution in [-0.4, -0.2) is 49.1 Å². The highest BCUT2D eigenvalue weighted by Crippen LogP contribution is 2.59. The summed E-state index contributed by atoms with van der Waals surface area (Å²) in [5.41, 5.74) is 0.241. The second-order valence-corrected chi connectivity index (χ2v) is 12.4. The van der Waals surface area contributed by atoms with Crippen molar-refractivity contribution in [2.75, 3.05) is 26.4 Å². The predicted molar refractivity (Wildman–Crippen MR) is 127 cm³/mol. The van der Waals surface area contributed by atoms with Gasteiger partial charge in [-0.2, -0.15) is 0 Å². The molecule has 32 heavy (non-hydrogen) atoms. The topological polar surface area (TPSA) is 71.0 Å². The van der Waals surface area contributed by atoms with Crippen LogP contribution in [0, 0.1) is 52.8 Å². The number of aliphatic hydroxyl groups is 2. The molecule has 0 aromatic rings. The van der Waals surface area contributed by atoms with E-state index in [1.165, 1.54) is 51.4 Å². The highest BCUT2D eigenvalue weighted by atomic mass is 16.7. The third kappa shape index (κ3) is 5.07. The van der Waals surface area contributed by atoms with E-state index in [4.69, 9.17) is 9.47 Å². The maximum absolute atomic E-state index is 11.0.